The summed E-state index contributed by atoms with van der Waals surface area (Å²) < 4.78 is 5.68. The third-order valence-electron chi connectivity index (χ3n) is 4.63. The Morgan fingerprint density at radius 3 is 2.62 bits per heavy atom. The van der Waals surface area contributed by atoms with Crippen LogP contribution in [0.5, 0.6) is 0 Å². The fourth-order valence-electron chi connectivity index (χ4n) is 3.38. The molecule has 2 fully saturated rings. The second-order valence-corrected chi connectivity index (χ2v) is 7.34. The van der Waals surface area contributed by atoms with E-state index in [0.29, 0.717) is 24.3 Å². The third-order valence-corrected chi connectivity index (χ3v) is 5.70. The van der Waals surface area contributed by atoms with Gasteiger partial charge in [0.25, 0.3) is 0 Å². The summed E-state index contributed by atoms with van der Waals surface area (Å²) in [5.74, 6) is 2.18. The van der Waals surface area contributed by atoms with E-state index in [1.165, 1.54) is 44.9 Å². The minimum absolute atomic E-state index is 0.136. The third kappa shape index (κ3) is 6.17. The maximum Gasteiger partial charge on any atom is 0.230 e. The van der Waals surface area contributed by atoms with E-state index < -0.39 is 0 Å². The quantitative estimate of drug-likeness (QED) is 0.757. The van der Waals surface area contributed by atoms with Gasteiger partial charge in [-0.05, 0) is 38.0 Å². The van der Waals surface area contributed by atoms with Crippen molar-refractivity contribution in [3.05, 3.63) is 0 Å². The van der Waals surface area contributed by atoms with Gasteiger partial charge >= 0.3 is 0 Å². The maximum atomic E-state index is 12.1. The van der Waals surface area contributed by atoms with E-state index >= 15 is 0 Å². The van der Waals surface area contributed by atoms with E-state index in [1.807, 2.05) is 0 Å². The van der Waals surface area contributed by atoms with Gasteiger partial charge in [-0.15, -0.1) is 11.8 Å². The molecular formula is C16H30N2O2S. The number of thioether (sulfide) groups is 1. The zero-order chi connectivity index (χ0) is 14.9. The molecule has 0 aromatic heterocycles. The van der Waals surface area contributed by atoms with E-state index in [4.69, 9.17) is 10.5 Å². The molecule has 1 saturated heterocycles. The number of hydrogen-bond acceptors (Lipinski definition) is 4. The molecular weight excluding hydrogens is 284 g/mol. The van der Waals surface area contributed by atoms with Crippen LogP contribution < -0.4 is 11.1 Å². The molecule has 1 aliphatic carbocycles. The molecule has 2 rings (SSSR count). The molecule has 1 aliphatic heterocycles. The summed E-state index contributed by atoms with van der Waals surface area (Å²) in [6.45, 7) is 1.45. The summed E-state index contributed by atoms with van der Waals surface area (Å²) >= 11 is 1.69. The fourth-order valence-corrected chi connectivity index (χ4v) is 4.29. The molecule has 0 aromatic rings. The zero-order valence-corrected chi connectivity index (χ0v) is 13.8. The zero-order valence-electron chi connectivity index (χ0n) is 13.0. The van der Waals surface area contributed by atoms with Gasteiger partial charge in [0.15, 0.2) is 0 Å². The van der Waals surface area contributed by atoms with Gasteiger partial charge in [0.2, 0.25) is 5.91 Å². The van der Waals surface area contributed by atoms with Gasteiger partial charge in [0, 0.05) is 24.9 Å². The first-order chi connectivity index (χ1) is 10.3. The normalized spacial score (nSPS) is 25.5. The van der Waals surface area contributed by atoms with Gasteiger partial charge in [0.1, 0.15) is 0 Å². The van der Waals surface area contributed by atoms with Crippen molar-refractivity contribution >= 4 is 17.7 Å². The number of ether oxygens (including phenoxy) is 1. The van der Waals surface area contributed by atoms with Gasteiger partial charge in [-0.3, -0.25) is 4.79 Å². The van der Waals surface area contributed by atoms with Crippen LogP contribution in [0.25, 0.3) is 0 Å². The summed E-state index contributed by atoms with van der Waals surface area (Å²) in [4.78, 5) is 12.1. The van der Waals surface area contributed by atoms with Crippen molar-refractivity contribution < 1.29 is 9.53 Å². The summed E-state index contributed by atoms with van der Waals surface area (Å²) in [5, 5.41) is 3.15. The van der Waals surface area contributed by atoms with Crippen molar-refractivity contribution in [2.45, 2.75) is 63.5 Å². The molecule has 3 N–H and O–H groups in total. The number of carbonyl (C=O) groups excluding carboxylic acids is 1. The number of amides is 1. The van der Waals surface area contributed by atoms with Crippen molar-refractivity contribution in [1.29, 1.82) is 0 Å². The highest BCUT2D eigenvalue weighted by atomic mass is 32.2. The molecule has 2 aliphatic rings. The minimum Gasteiger partial charge on any atom is -0.377 e. The van der Waals surface area contributed by atoms with Gasteiger partial charge in [-0.25, -0.2) is 0 Å². The van der Waals surface area contributed by atoms with Crippen LogP contribution in [0.2, 0.25) is 0 Å². The minimum atomic E-state index is 0.136. The van der Waals surface area contributed by atoms with Crippen molar-refractivity contribution in [2.24, 2.45) is 11.7 Å². The van der Waals surface area contributed by atoms with Crippen molar-refractivity contribution in [3.63, 3.8) is 0 Å². The van der Waals surface area contributed by atoms with E-state index in [9.17, 15) is 4.79 Å². The molecule has 0 aromatic carbocycles. The van der Waals surface area contributed by atoms with Gasteiger partial charge < -0.3 is 15.8 Å². The Kier molecular flexibility index (Phi) is 7.89. The second-order valence-electron chi connectivity index (χ2n) is 6.31. The lowest BCUT2D eigenvalue weighted by molar-refractivity contribution is -0.119. The highest BCUT2D eigenvalue weighted by molar-refractivity contribution is 7.99. The van der Waals surface area contributed by atoms with Crippen molar-refractivity contribution in [2.75, 3.05) is 24.7 Å². The van der Waals surface area contributed by atoms with Crippen LogP contribution in [0.1, 0.15) is 51.4 Å². The first-order valence-corrected chi connectivity index (χ1v) is 9.64. The van der Waals surface area contributed by atoms with E-state index in [2.05, 4.69) is 5.32 Å². The fraction of sp³-hybridized carbons (Fsp3) is 0.938. The van der Waals surface area contributed by atoms with Gasteiger partial charge in [-0.1, -0.05) is 19.3 Å². The van der Waals surface area contributed by atoms with Crippen LogP contribution in [0.15, 0.2) is 0 Å². The maximum absolute atomic E-state index is 12.1. The van der Waals surface area contributed by atoms with Crippen LogP contribution in [0.4, 0.5) is 0 Å². The summed E-state index contributed by atoms with van der Waals surface area (Å²) in [7, 11) is 0. The Labute approximate surface area is 132 Å². The molecule has 0 bridgehead atoms. The monoisotopic (exact) mass is 314 g/mol. The number of hydrogen-bond donors (Lipinski definition) is 2. The summed E-state index contributed by atoms with van der Waals surface area (Å²) in [6, 6.07) is 0.171. The molecule has 122 valence electrons. The average molecular weight is 314 g/mol. The molecule has 21 heavy (non-hydrogen) atoms. The highest BCUT2D eigenvalue weighted by Crippen LogP contribution is 2.26. The molecule has 0 spiro atoms. The summed E-state index contributed by atoms with van der Waals surface area (Å²) in [5.41, 5.74) is 5.86. The van der Waals surface area contributed by atoms with E-state index in [-0.39, 0.29) is 11.9 Å². The number of rotatable bonds is 7. The number of nitrogens with two attached hydrogens (primary N) is 1. The number of nitrogens with one attached hydrogen (secondary N) is 1. The largest absolute Gasteiger partial charge is 0.377 e. The topological polar surface area (TPSA) is 64.3 Å². The molecule has 1 saturated carbocycles. The predicted molar refractivity (Wildman–Crippen MR) is 88.5 cm³/mol. The SMILES string of the molecule is NCC(NC(=O)CSCC1CCCCO1)C1CCCCC1. The van der Waals surface area contributed by atoms with E-state index in [1.54, 1.807) is 11.8 Å². The average Bonchev–Trinajstić information content (AvgIpc) is 2.54. The highest BCUT2D eigenvalue weighted by Gasteiger charge is 2.24. The molecule has 1 amide bonds. The predicted octanol–water partition coefficient (Wildman–Crippen LogP) is 2.31. The molecule has 0 radical (unpaired) electrons. The molecule has 1 heterocycles. The molecule has 2 atom stereocenters. The Bertz CT molecular complexity index is 303. The first kappa shape index (κ1) is 17.1. The molecule has 4 nitrogen and oxygen atoms in total. The van der Waals surface area contributed by atoms with Crippen LogP contribution >= 0.6 is 11.8 Å². The van der Waals surface area contributed by atoms with Crippen LogP contribution in [-0.4, -0.2) is 42.7 Å². The lowest BCUT2D eigenvalue weighted by Crippen LogP contribution is -2.46. The lowest BCUT2D eigenvalue weighted by atomic mass is 9.84. The molecule has 2 unspecified atom stereocenters. The Hall–Kier alpha value is -0.260. The molecule has 5 heteroatoms. The van der Waals surface area contributed by atoms with Crippen LogP contribution in [0, 0.1) is 5.92 Å². The Morgan fingerprint density at radius 1 is 1.19 bits per heavy atom. The van der Waals surface area contributed by atoms with Gasteiger partial charge in [0.05, 0.1) is 11.9 Å². The smallest absolute Gasteiger partial charge is 0.230 e. The Balaban J connectivity index is 1.62. The standard InChI is InChI=1S/C16H30N2O2S/c17-10-15(13-6-2-1-3-7-13)18-16(19)12-21-11-14-8-4-5-9-20-14/h13-15H,1-12,17H2,(H,18,19). The van der Waals surface area contributed by atoms with Crippen LogP contribution in [-0.2, 0) is 9.53 Å². The van der Waals surface area contributed by atoms with Crippen molar-refractivity contribution in [1.82, 2.24) is 5.32 Å². The van der Waals surface area contributed by atoms with Crippen molar-refractivity contribution in [3.8, 4) is 0 Å². The van der Waals surface area contributed by atoms with Crippen LogP contribution in [0.3, 0.4) is 0 Å². The first-order valence-electron chi connectivity index (χ1n) is 8.48. The summed E-state index contributed by atoms with van der Waals surface area (Å²) in [6.07, 6.45) is 10.3. The lowest BCUT2D eigenvalue weighted by Gasteiger charge is -2.30. The number of carbonyl (C=O) groups is 1. The van der Waals surface area contributed by atoms with Gasteiger partial charge in [-0.2, -0.15) is 0 Å². The second kappa shape index (κ2) is 9.70. The Morgan fingerprint density at radius 2 is 1.95 bits per heavy atom. The van der Waals surface area contributed by atoms with E-state index in [0.717, 1.165) is 18.8 Å².